The Bertz CT molecular complexity index is 7770. The van der Waals surface area contributed by atoms with Gasteiger partial charge in [0.1, 0.15) is 78.2 Å². The highest BCUT2D eigenvalue weighted by Crippen LogP contribution is 2.45. The fraction of sp³-hybridized carbons (Fsp3) is 0.150. The lowest BCUT2D eigenvalue weighted by molar-refractivity contribution is 0.414. The standard InChI is InChI=1S/C32H24N2S.2C22H20N2O2S.2C22H20N2S/c1-21-29-30(22(2)35-21)34-32(28-19-15-26(16-20-28)24-11-7-4-8-12-24)31(33-29)27-17-13-25(14-18-27)23-9-5-3-6-10-23;1-13-19-20(14(2)27-13)24-22(16-7-11-18(26-4)12-8-16)21(23-19)15-5-9-17(25-3)10-6-15;1-13-19-20(14(2)27-13)24-22(16-8-6-10-18(12-16)26-4)21(23-19)15-7-5-9-17(11-15)25-3;1-13-5-9-17(10-6-13)21-22(18-11-7-14(2)8-12-18)24-20-16(4)25-15(3)19(20)23-21;1-13-7-5-9-17(11-13)21-22(18-10-6-8-14(2)12-18)24-20-16(4)25-15(3)19(20)23-21/h3-20H,1-2H3;2*5-12H,1-4H3;2*5-12H,1-4H3. The Morgan fingerprint density at radius 3 is 0.532 bits per heavy atom. The smallest absolute Gasteiger partial charge is 0.119 e. The van der Waals surface area contributed by atoms with Gasteiger partial charge in [0.25, 0.3) is 0 Å². The van der Waals surface area contributed by atoms with Crippen LogP contribution < -0.4 is 18.9 Å². The minimum atomic E-state index is 0.796. The number of aromatic nitrogens is 10. The number of ether oxygens (including phenoxy) is 4. The van der Waals surface area contributed by atoms with Crippen molar-refractivity contribution in [2.45, 2.75) is 96.9 Å². The summed E-state index contributed by atoms with van der Waals surface area (Å²) in [6.45, 7) is 29.6. The van der Waals surface area contributed by atoms with Gasteiger partial charge >= 0.3 is 0 Å². The monoisotopic (exact) mass is 1910 g/mol. The van der Waals surface area contributed by atoms with Gasteiger partial charge in [-0.05, 0) is 204 Å². The Balaban J connectivity index is 0.000000116. The Kier molecular flexibility index (Phi) is 28.2. The fourth-order valence-electron chi connectivity index (χ4n) is 17.2. The maximum atomic E-state index is 5.41. The van der Waals surface area contributed by atoms with Gasteiger partial charge in [-0.2, -0.15) is 0 Å². The van der Waals surface area contributed by atoms with E-state index < -0.39 is 0 Å². The molecule has 0 radical (unpaired) electrons. The summed E-state index contributed by atoms with van der Waals surface area (Å²) in [5.74, 6) is 3.23. The van der Waals surface area contributed by atoms with E-state index in [1.807, 2.05) is 109 Å². The number of methoxy groups -OCH3 is 4. The molecule has 688 valence electrons. The zero-order chi connectivity index (χ0) is 96.8. The van der Waals surface area contributed by atoms with Crippen LogP contribution in [0.5, 0.6) is 23.0 Å². The highest BCUT2D eigenvalue weighted by atomic mass is 32.1. The molecule has 22 aromatic rings. The molecule has 12 aromatic carbocycles. The third kappa shape index (κ3) is 20.4. The van der Waals surface area contributed by atoms with Gasteiger partial charge in [0, 0.05) is 104 Å². The summed E-state index contributed by atoms with van der Waals surface area (Å²) >= 11 is 8.78. The molecule has 0 aliphatic carbocycles. The number of nitrogens with zero attached hydrogens (tertiary/aromatic N) is 10. The maximum absolute atomic E-state index is 5.41. The summed E-state index contributed by atoms with van der Waals surface area (Å²) in [5, 5.41) is 0. The van der Waals surface area contributed by atoms with Crippen LogP contribution in [0.25, 0.3) is 190 Å². The van der Waals surface area contributed by atoms with Crippen LogP contribution in [0.2, 0.25) is 0 Å². The van der Waals surface area contributed by atoms with Gasteiger partial charge in [-0.3, -0.25) is 0 Å². The van der Waals surface area contributed by atoms with Crippen LogP contribution in [0.3, 0.4) is 0 Å². The van der Waals surface area contributed by atoms with Gasteiger partial charge < -0.3 is 18.9 Å². The normalized spacial score (nSPS) is 11.1. The highest BCUT2D eigenvalue weighted by molar-refractivity contribution is 7.14. The zero-order valence-electron chi connectivity index (χ0n) is 81.0. The highest BCUT2D eigenvalue weighted by Gasteiger charge is 2.25. The van der Waals surface area contributed by atoms with Gasteiger partial charge in [0.15, 0.2) is 0 Å². The van der Waals surface area contributed by atoms with Gasteiger partial charge in [-0.1, -0.05) is 241 Å². The van der Waals surface area contributed by atoms with E-state index in [1.54, 1.807) is 85.1 Å². The molecule has 0 aliphatic rings. The van der Waals surface area contributed by atoms with Crippen molar-refractivity contribution in [1.29, 1.82) is 0 Å². The molecular weight excluding hydrogens is 1810 g/mol. The van der Waals surface area contributed by atoms with Gasteiger partial charge in [0.2, 0.25) is 0 Å². The van der Waals surface area contributed by atoms with Crippen molar-refractivity contribution in [3.05, 3.63) is 374 Å². The SMILES string of the molecule is COc1ccc(-c2nc3c(C)sc(C)c3nc2-c2ccc(OC)cc2)cc1.COc1cccc(-c2nc3c(C)sc(C)c3nc2-c2cccc(OC)c2)c1.Cc1ccc(-c2nc3c(C)sc(C)c3nc2-c2ccc(C)cc2)cc1.Cc1cccc(-c2nc3c(C)sc(C)c3nc2-c2cccc(C)c2)c1.Cc1sc(C)c2nc(-c3ccc(-c4ccccc4)cc3)c(-c3ccc(-c4ccccc4)cc3)nc12. The second-order valence-electron chi connectivity index (χ2n) is 34.4. The minimum Gasteiger partial charge on any atom is -0.497 e. The summed E-state index contributed by atoms with van der Waals surface area (Å²) in [4.78, 5) is 62.7. The molecule has 19 heteroatoms. The molecule has 0 saturated carbocycles. The van der Waals surface area contributed by atoms with Crippen molar-refractivity contribution in [3.63, 3.8) is 0 Å². The Morgan fingerprint density at radius 1 is 0.144 bits per heavy atom. The van der Waals surface area contributed by atoms with E-state index in [4.69, 9.17) is 68.8 Å². The minimum absolute atomic E-state index is 0.796. The maximum Gasteiger partial charge on any atom is 0.119 e. The first-order valence-corrected chi connectivity index (χ1v) is 50.1. The molecule has 0 amide bonds. The first kappa shape index (κ1) is 94.4. The molecular formula is C120H104N10O4S5. The van der Waals surface area contributed by atoms with Crippen molar-refractivity contribution < 1.29 is 18.9 Å². The topological polar surface area (TPSA) is 166 Å². The van der Waals surface area contributed by atoms with Crippen LogP contribution in [0.1, 0.15) is 71.0 Å². The van der Waals surface area contributed by atoms with Crippen molar-refractivity contribution in [3.8, 4) is 158 Å². The molecule has 139 heavy (non-hydrogen) atoms. The molecule has 14 nitrogen and oxygen atoms in total. The number of fused-ring (bicyclic) bond motifs is 5. The van der Waals surface area contributed by atoms with Gasteiger partial charge in [-0.15, -0.1) is 56.7 Å². The molecule has 10 aromatic heterocycles. The van der Waals surface area contributed by atoms with E-state index in [2.05, 4.69) is 291 Å². The van der Waals surface area contributed by atoms with E-state index >= 15 is 0 Å². The average Bonchev–Trinajstić information content (AvgIpc) is 1.67. The number of hydrogen-bond acceptors (Lipinski definition) is 19. The fourth-order valence-corrected chi connectivity index (χ4v) is 21.9. The summed E-state index contributed by atoms with van der Waals surface area (Å²) in [5.41, 5.74) is 39.4. The lowest BCUT2D eigenvalue weighted by Crippen LogP contribution is -1.96. The molecule has 0 unspecified atom stereocenters. The van der Waals surface area contributed by atoms with Crippen LogP contribution in [-0.4, -0.2) is 78.3 Å². The number of benzene rings is 12. The Labute approximate surface area is 831 Å². The molecule has 0 saturated heterocycles. The van der Waals surface area contributed by atoms with Gasteiger partial charge in [-0.25, -0.2) is 49.8 Å². The Hall–Kier alpha value is -15.0. The molecule has 0 atom stereocenters. The van der Waals surface area contributed by atoms with Crippen LogP contribution in [-0.2, 0) is 0 Å². The third-order valence-corrected chi connectivity index (χ3v) is 29.5. The van der Waals surface area contributed by atoms with Crippen LogP contribution in [0.15, 0.2) is 303 Å². The first-order chi connectivity index (χ1) is 67.4. The molecule has 10 heterocycles. The summed E-state index contributed by atoms with van der Waals surface area (Å²) < 4.78 is 21.4. The quantitative estimate of drug-likeness (QED) is 0.0897. The zero-order valence-corrected chi connectivity index (χ0v) is 85.1. The van der Waals surface area contributed by atoms with Gasteiger partial charge in [0.05, 0.1) is 85.4 Å². The number of aryl methyl sites for hydroxylation is 14. The van der Waals surface area contributed by atoms with Crippen molar-refractivity contribution in [1.82, 2.24) is 49.8 Å². The number of rotatable bonds is 16. The van der Waals surface area contributed by atoms with Crippen LogP contribution >= 0.6 is 56.7 Å². The summed E-state index contributed by atoms with van der Waals surface area (Å²) in [6, 6.07) is 104. The molecule has 0 N–H and O–H groups in total. The van der Waals surface area contributed by atoms with Crippen LogP contribution in [0, 0.1) is 96.9 Å². The second kappa shape index (κ2) is 41.5. The predicted molar refractivity (Wildman–Crippen MR) is 585 cm³/mol. The average molecular weight is 1910 g/mol. The van der Waals surface area contributed by atoms with Crippen molar-refractivity contribution in [2.24, 2.45) is 0 Å². The van der Waals surface area contributed by atoms with E-state index in [1.165, 1.54) is 93.3 Å². The van der Waals surface area contributed by atoms with Crippen LogP contribution in [0.4, 0.5) is 0 Å². The summed E-state index contributed by atoms with van der Waals surface area (Å²) in [7, 11) is 6.68. The first-order valence-electron chi connectivity index (χ1n) is 46.0. The molecule has 22 rings (SSSR count). The van der Waals surface area contributed by atoms with Crippen molar-refractivity contribution in [2.75, 3.05) is 28.4 Å². The van der Waals surface area contributed by atoms with E-state index in [9.17, 15) is 0 Å². The number of thiophene rings is 5. The van der Waals surface area contributed by atoms with Crippen molar-refractivity contribution >= 4 is 112 Å². The summed E-state index contributed by atoms with van der Waals surface area (Å²) in [6.07, 6.45) is 0. The lowest BCUT2D eigenvalue weighted by atomic mass is 9.98. The predicted octanol–water partition coefficient (Wildman–Crippen LogP) is 32.8. The lowest BCUT2D eigenvalue weighted by Gasteiger charge is -2.11. The molecule has 0 aliphatic heterocycles. The third-order valence-electron chi connectivity index (χ3n) is 24.5. The molecule has 0 fully saturated rings. The molecule has 0 bridgehead atoms. The Morgan fingerprint density at radius 2 is 0.317 bits per heavy atom. The number of hydrogen-bond donors (Lipinski definition) is 0. The molecule has 0 spiro atoms. The van der Waals surface area contributed by atoms with E-state index in [0.29, 0.717) is 0 Å². The second-order valence-corrected chi connectivity index (χ2v) is 41.6. The largest absolute Gasteiger partial charge is 0.497 e. The van der Waals surface area contributed by atoms with E-state index in [0.717, 1.165) is 191 Å². The van der Waals surface area contributed by atoms with E-state index in [-0.39, 0.29) is 0 Å².